The molecule has 0 atom stereocenters. The van der Waals surface area contributed by atoms with Crippen molar-refractivity contribution in [3.8, 4) is 5.75 Å². The van der Waals surface area contributed by atoms with E-state index in [2.05, 4.69) is 13.8 Å². The quantitative estimate of drug-likeness (QED) is 0.527. The predicted octanol–water partition coefficient (Wildman–Crippen LogP) is 1.54. The molecule has 1 aromatic heterocycles. The van der Waals surface area contributed by atoms with Crippen LogP contribution in [-0.4, -0.2) is 24.0 Å². The van der Waals surface area contributed by atoms with Crippen molar-refractivity contribution in [2.75, 3.05) is 13.1 Å². The van der Waals surface area contributed by atoms with Crippen LogP contribution in [0.4, 0.5) is 0 Å². The van der Waals surface area contributed by atoms with Crippen LogP contribution in [0.25, 0.3) is 11.0 Å². The molecular weight excluding hydrogens is 409 g/mol. The molecule has 0 aliphatic rings. The van der Waals surface area contributed by atoms with Gasteiger partial charge < -0.3 is 26.8 Å². The summed E-state index contributed by atoms with van der Waals surface area (Å²) in [5, 5.41) is 11.9. The molecule has 0 unspecified atom stereocenters. The number of rotatable bonds is 8. The number of halogens is 2. The summed E-state index contributed by atoms with van der Waals surface area (Å²) in [4.78, 5) is 14.6. The minimum Gasteiger partial charge on any atom is -1.00 e. The highest BCUT2D eigenvalue weighted by atomic mass is 35.5. The van der Waals surface area contributed by atoms with Crippen LogP contribution in [0.15, 0.2) is 40.8 Å². The van der Waals surface area contributed by atoms with Crippen molar-refractivity contribution in [3.63, 3.8) is 0 Å². The number of hydrogen-bond donors (Lipinski definition) is 2. The van der Waals surface area contributed by atoms with Crippen molar-refractivity contribution in [1.29, 1.82) is 0 Å². The van der Waals surface area contributed by atoms with E-state index in [1.165, 1.54) is 4.90 Å². The molecule has 2 aromatic carbocycles. The number of ketones is 1. The monoisotopic (exact) mass is 435 g/mol. The Morgan fingerprint density at radius 3 is 2.28 bits per heavy atom. The van der Waals surface area contributed by atoms with Gasteiger partial charge in [0.25, 0.3) is 0 Å². The van der Waals surface area contributed by atoms with E-state index in [9.17, 15) is 9.90 Å². The number of quaternary nitrogens is 1. The van der Waals surface area contributed by atoms with Gasteiger partial charge >= 0.3 is 0 Å². The van der Waals surface area contributed by atoms with Gasteiger partial charge in [-0.1, -0.05) is 25.4 Å². The van der Waals surface area contributed by atoms with E-state index in [0.717, 1.165) is 36.9 Å². The summed E-state index contributed by atoms with van der Waals surface area (Å²) in [6.07, 6.45) is 2.13. The normalized spacial score (nSPS) is 11.1. The fraction of sp³-hybridized carbons (Fsp3) is 0.348. The lowest BCUT2D eigenvalue weighted by molar-refractivity contribution is -0.913. The molecule has 0 saturated heterocycles. The van der Waals surface area contributed by atoms with Crippen molar-refractivity contribution in [2.24, 2.45) is 0 Å². The lowest BCUT2D eigenvalue weighted by Crippen LogP contribution is -3.10. The predicted molar refractivity (Wildman–Crippen MR) is 112 cm³/mol. The Kier molecular flexibility index (Phi) is 8.14. The summed E-state index contributed by atoms with van der Waals surface area (Å²) < 4.78 is 5.90. The first-order valence-electron chi connectivity index (χ1n) is 9.84. The first-order chi connectivity index (χ1) is 13.5. The van der Waals surface area contributed by atoms with E-state index in [4.69, 9.17) is 16.0 Å². The van der Waals surface area contributed by atoms with E-state index >= 15 is 0 Å². The van der Waals surface area contributed by atoms with Gasteiger partial charge in [0.15, 0.2) is 5.78 Å². The third kappa shape index (κ3) is 4.95. The van der Waals surface area contributed by atoms with Crippen LogP contribution >= 0.6 is 11.6 Å². The van der Waals surface area contributed by atoms with Gasteiger partial charge in [-0.2, -0.15) is 0 Å². The van der Waals surface area contributed by atoms with Gasteiger partial charge in [0.2, 0.25) is 0 Å². The van der Waals surface area contributed by atoms with Gasteiger partial charge in [-0.05, 0) is 56.2 Å². The van der Waals surface area contributed by atoms with Crippen LogP contribution in [0.5, 0.6) is 5.75 Å². The van der Waals surface area contributed by atoms with Crippen molar-refractivity contribution in [1.82, 2.24) is 0 Å². The van der Waals surface area contributed by atoms with Gasteiger partial charge in [0, 0.05) is 16.0 Å². The summed E-state index contributed by atoms with van der Waals surface area (Å²) in [7, 11) is 0. The topological polar surface area (TPSA) is 54.9 Å². The summed E-state index contributed by atoms with van der Waals surface area (Å²) in [5.74, 6) is 0.657. The summed E-state index contributed by atoms with van der Waals surface area (Å²) in [6.45, 7) is 8.81. The van der Waals surface area contributed by atoms with Gasteiger partial charge in [0.1, 0.15) is 23.6 Å². The number of phenols is 1. The van der Waals surface area contributed by atoms with Crippen LogP contribution in [0.3, 0.4) is 0 Å². The number of fused-ring (bicyclic) bond motifs is 1. The van der Waals surface area contributed by atoms with E-state index in [1.54, 1.807) is 43.3 Å². The Bertz CT molecular complexity index is 974. The molecule has 0 aliphatic carbocycles. The number of carbonyl (C=O) groups excluding carboxylic acids is 1. The second kappa shape index (κ2) is 10.1. The standard InChI is InChI=1S/C23H26ClNO3.ClH/c1-4-12-25(13-5-2)14-18-19(26)10-11-20-22(18)21(15(3)28-20)23(27)16-6-8-17(24)9-7-16;/h6-11,26H,4-5,12-14H2,1-3H3;1H. The summed E-state index contributed by atoms with van der Waals surface area (Å²) in [5.41, 5.74) is 2.49. The summed E-state index contributed by atoms with van der Waals surface area (Å²) in [6, 6.07) is 10.2. The van der Waals surface area contributed by atoms with Crippen LogP contribution in [0.1, 0.15) is 53.9 Å². The average molecular weight is 436 g/mol. The second-order valence-electron chi connectivity index (χ2n) is 7.23. The highest BCUT2D eigenvalue weighted by molar-refractivity contribution is 6.30. The van der Waals surface area contributed by atoms with Crippen molar-refractivity contribution >= 4 is 28.4 Å². The van der Waals surface area contributed by atoms with Gasteiger partial charge in [-0.3, -0.25) is 4.79 Å². The second-order valence-corrected chi connectivity index (χ2v) is 7.67. The number of aromatic hydroxyl groups is 1. The molecule has 29 heavy (non-hydrogen) atoms. The van der Waals surface area contributed by atoms with Crippen LogP contribution in [-0.2, 0) is 6.54 Å². The van der Waals surface area contributed by atoms with Crippen LogP contribution < -0.4 is 17.3 Å². The molecule has 6 heteroatoms. The molecule has 0 amide bonds. The molecule has 3 aromatic rings. The smallest absolute Gasteiger partial charge is 0.197 e. The minimum absolute atomic E-state index is 0. The fourth-order valence-corrected chi connectivity index (χ4v) is 3.95. The first kappa shape index (κ1) is 23.3. The zero-order valence-corrected chi connectivity index (χ0v) is 18.5. The molecular formula is C23H27Cl2NO3. The number of hydrogen-bond acceptors (Lipinski definition) is 3. The molecule has 156 valence electrons. The molecule has 4 nitrogen and oxygen atoms in total. The number of nitrogens with one attached hydrogen (secondary N) is 1. The maximum atomic E-state index is 13.3. The Labute approximate surface area is 182 Å². The SMILES string of the molecule is CCC[NH+](CCC)Cc1c(O)ccc2oc(C)c(C(=O)c3ccc(Cl)cc3)c12.[Cl-]. The zero-order valence-electron chi connectivity index (χ0n) is 17.0. The maximum Gasteiger partial charge on any atom is 0.197 e. The molecule has 0 fully saturated rings. The van der Waals surface area contributed by atoms with Gasteiger partial charge in [0.05, 0.1) is 24.2 Å². The van der Waals surface area contributed by atoms with Crippen molar-refractivity contribution < 1.29 is 31.6 Å². The van der Waals surface area contributed by atoms with Crippen LogP contribution in [0.2, 0.25) is 5.02 Å². The van der Waals surface area contributed by atoms with Crippen molar-refractivity contribution in [2.45, 2.75) is 40.2 Å². The lowest BCUT2D eigenvalue weighted by atomic mass is 9.96. The maximum absolute atomic E-state index is 13.3. The Hall–Kier alpha value is -2.01. The third-order valence-corrected chi connectivity index (χ3v) is 5.33. The third-order valence-electron chi connectivity index (χ3n) is 5.08. The largest absolute Gasteiger partial charge is 1.00 e. The molecule has 0 saturated carbocycles. The van der Waals surface area contributed by atoms with E-state index in [1.807, 2.05) is 0 Å². The number of furan rings is 1. The highest BCUT2D eigenvalue weighted by Crippen LogP contribution is 2.34. The highest BCUT2D eigenvalue weighted by Gasteiger charge is 2.25. The molecule has 1 heterocycles. The van der Waals surface area contributed by atoms with Crippen LogP contribution in [0, 0.1) is 6.92 Å². The number of benzene rings is 2. The fourth-order valence-electron chi connectivity index (χ4n) is 3.82. The first-order valence-corrected chi connectivity index (χ1v) is 10.2. The number of phenolic OH excluding ortho intramolecular Hbond substituents is 1. The molecule has 0 radical (unpaired) electrons. The molecule has 0 bridgehead atoms. The average Bonchev–Trinajstić information content (AvgIpc) is 3.00. The van der Waals surface area contributed by atoms with E-state index in [-0.39, 0.29) is 23.9 Å². The molecule has 2 N–H and O–H groups in total. The van der Waals surface area contributed by atoms with E-state index < -0.39 is 0 Å². The van der Waals surface area contributed by atoms with Gasteiger partial charge in [-0.15, -0.1) is 0 Å². The number of aryl methyl sites for hydroxylation is 1. The molecule has 0 spiro atoms. The molecule has 0 aliphatic heterocycles. The summed E-state index contributed by atoms with van der Waals surface area (Å²) >= 11 is 5.96. The Balaban J connectivity index is 0.00000300. The zero-order chi connectivity index (χ0) is 20.3. The van der Waals surface area contributed by atoms with Crippen molar-refractivity contribution in [3.05, 3.63) is 63.9 Å². The Morgan fingerprint density at radius 2 is 1.69 bits per heavy atom. The number of carbonyl (C=O) groups is 1. The van der Waals surface area contributed by atoms with E-state index in [0.29, 0.717) is 34.0 Å². The minimum atomic E-state index is -0.118. The molecule has 3 rings (SSSR count). The Morgan fingerprint density at radius 1 is 1.07 bits per heavy atom. The lowest BCUT2D eigenvalue weighted by Gasteiger charge is -2.19. The van der Waals surface area contributed by atoms with Gasteiger partial charge in [-0.25, -0.2) is 0 Å².